The van der Waals surface area contributed by atoms with Crippen LogP contribution in [0.15, 0.2) is 18.2 Å². The highest BCUT2D eigenvalue weighted by Gasteiger charge is 2.23. The topological polar surface area (TPSA) is 59.6 Å². The molecule has 0 saturated carbocycles. The molecular weight excluding hydrogens is 244 g/mol. The van der Waals surface area contributed by atoms with Crippen LogP contribution < -0.4 is 20.1 Å². The largest absolute Gasteiger partial charge is 0.491 e. The fourth-order valence-corrected chi connectivity index (χ4v) is 2.09. The van der Waals surface area contributed by atoms with E-state index >= 15 is 0 Å². The van der Waals surface area contributed by atoms with E-state index in [4.69, 9.17) is 9.47 Å². The normalized spacial score (nSPS) is 16.6. The molecule has 1 amide bonds. The minimum Gasteiger partial charge on any atom is -0.491 e. The average Bonchev–Trinajstić information content (AvgIpc) is 2.80. The lowest BCUT2D eigenvalue weighted by molar-refractivity contribution is -0.122. The summed E-state index contributed by atoms with van der Waals surface area (Å²) in [7, 11) is 0. The fraction of sp³-hybridized carbons (Fsp3) is 0.500. The summed E-state index contributed by atoms with van der Waals surface area (Å²) in [6.07, 6.45) is 0. The fourth-order valence-electron chi connectivity index (χ4n) is 2.09. The summed E-state index contributed by atoms with van der Waals surface area (Å²) in [6, 6.07) is 5.95. The van der Waals surface area contributed by atoms with Gasteiger partial charge in [0, 0.05) is 18.2 Å². The monoisotopic (exact) mass is 264 g/mol. The van der Waals surface area contributed by atoms with Crippen LogP contribution in [-0.2, 0) is 4.79 Å². The van der Waals surface area contributed by atoms with Gasteiger partial charge in [0.25, 0.3) is 5.91 Å². The maximum Gasteiger partial charge on any atom is 0.257 e. The van der Waals surface area contributed by atoms with Crippen LogP contribution in [0.1, 0.15) is 25.5 Å². The third-order valence-electron chi connectivity index (χ3n) is 2.96. The smallest absolute Gasteiger partial charge is 0.257 e. The molecule has 19 heavy (non-hydrogen) atoms. The SMILES string of the molecule is CCNC(=O)COc1ccc2c(c1)OCC2NCC. The maximum absolute atomic E-state index is 11.3. The molecule has 1 aromatic carbocycles. The Labute approximate surface area is 113 Å². The lowest BCUT2D eigenvalue weighted by atomic mass is 10.1. The number of likely N-dealkylation sites (N-methyl/N-ethyl adjacent to an activating group) is 2. The summed E-state index contributed by atoms with van der Waals surface area (Å²) < 4.78 is 11.0. The van der Waals surface area contributed by atoms with E-state index in [-0.39, 0.29) is 18.6 Å². The minimum absolute atomic E-state index is 0.0310. The molecule has 1 aliphatic heterocycles. The Morgan fingerprint density at radius 2 is 2.26 bits per heavy atom. The molecule has 5 heteroatoms. The Bertz CT molecular complexity index is 448. The molecule has 5 nitrogen and oxygen atoms in total. The number of hydrogen-bond acceptors (Lipinski definition) is 4. The van der Waals surface area contributed by atoms with E-state index in [0.717, 1.165) is 17.9 Å². The van der Waals surface area contributed by atoms with Gasteiger partial charge in [-0.25, -0.2) is 0 Å². The number of amides is 1. The number of nitrogens with one attached hydrogen (secondary N) is 2. The third-order valence-corrected chi connectivity index (χ3v) is 2.96. The van der Waals surface area contributed by atoms with Crippen molar-refractivity contribution in [3.05, 3.63) is 23.8 Å². The van der Waals surface area contributed by atoms with Crippen LogP contribution in [0.4, 0.5) is 0 Å². The van der Waals surface area contributed by atoms with Gasteiger partial charge < -0.3 is 20.1 Å². The second kappa shape index (κ2) is 6.43. The van der Waals surface area contributed by atoms with Gasteiger partial charge in [0.1, 0.15) is 18.1 Å². The molecule has 0 fully saturated rings. The van der Waals surface area contributed by atoms with Crippen LogP contribution >= 0.6 is 0 Å². The van der Waals surface area contributed by atoms with Crippen LogP contribution in [0.25, 0.3) is 0 Å². The van der Waals surface area contributed by atoms with Crippen molar-refractivity contribution in [2.75, 3.05) is 26.3 Å². The van der Waals surface area contributed by atoms with Gasteiger partial charge in [-0.3, -0.25) is 4.79 Å². The van der Waals surface area contributed by atoms with Crippen LogP contribution in [0, 0.1) is 0 Å². The molecule has 1 unspecified atom stereocenters. The lowest BCUT2D eigenvalue weighted by Gasteiger charge is -2.10. The van der Waals surface area contributed by atoms with E-state index in [1.807, 2.05) is 25.1 Å². The Hall–Kier alpha value is -1.75. The number of hydrogen-bond donors (Lipinski definition) is 2. The molecule has 0 bridgehead atoms. The Morgan fingerprint density at radius 1 is 1.42 bits per heavy atom. The van der Waals surface area contributed by atoms with Crippen molar-refractivity contribution in [3.63, 3.8) is 0 Å². The third kappa shape index (κ3) is 3.38. The average molecular weight is 264 g/mol. The zero-order valence-electron chi connectivity index (χ0n) is 11.4. The number of rotatable bonds is 6. The molecule has 0 aliphatic carbocycles. The van der Waals surface area contributed by atoms with Crippen LogP contribution in [-0.4, -0.2) is 32.2 Å². The number of benzene rings is 1. The van der Waals surface area contributed by atoms with Gasteiger partial charge in [0.15, 0.2) is 6.61 Å². The van der Waals surface area contributed by atoms with Gasteiger partial charge in [-0.2, -0.15) is 0 Å². The van der Waals surface area contributed by atoms with Crippen molar-refractivity contribution < 1.29 is 14.3 Å². The van der Waals surface area contributed by atoms with E-state index in [9.17, 15) is 4.79 Å². The summed E-state index contributed by atoms with van der Waals surface area (Å²) in [5.41, 5.74) is 1.15. The van der Waals surface area contributed by atoms with E-state index in [2.05, 4.69) is 17.6 Å². The highest BCUT2D eigenvalue weighted by Crippen LogP contribution is 2.35. The van der Waals surface area contributed by atoms with Crippen LogP contribution in [0.5, 0.6) is 11.5 Å². The second-order valence-corrected chi connectivity index (χ2v) is 4.36. The van der Waals surface area contributed by atoms with Crippen molar-refractivity contribution in [3.8, 4) is 11.5 Å². The Kier molecular flexibility index (Phi) is 4.63. The first-order valence-electron chi connectivity index (χ1n) is 6.64. The van der Waals surface area contributed by atoms with Crippen molar-refractivity contribution >= 4 is 5.91 Å². The quantitative estimate of drug-likeness (QED) is 0.811. The van der Waals surface area contributed by atoms with Gasteiger partial charge >= 0.3 is 0 Å². The molecule has 1 heterocycles. The van der Waals surface area contributed by atoms with E-state index in [0.29, 0.717) is 18.9 Å². The molecule has 1 atom stereocenters. The zero-order valence-corrected chi connectivity index (χ0v) is 11.4. The molecule has 1 aliphatic rings. The summed E-state index contributed by atoms with van der Waals surface area (Å²) in [5, 5.41) is 6.04. The van der Waals surface area contributed by atoms with Gasteiger partial charge in [-0.05, 0) is 25.6 Å². The van der Waals surface area contributed by atoms with Gasteiger partial charge in [-0.15, -0.1) is 0 Å². The zero-order chi connectivity index (χ0) is 13.7. The van der Waals surface area contributed by atoms with E-state index in [1.54, 1.807) is 0 Å². The first kappa shape index (κ1) is 13.7. The summed E-state index contributed by atoms with van der Waals surface area (Å²) in [4.78, 5) is 11.3. The Morgan fingerprint density at radius 3 is 3.00 bits per heavy atom. The number of fused-ring (bicyclic) bond motifs is 1. The molecule has 1 aromatic rings. The molecule has 2 N–H and O–H groups in total. The number of carbonyl (C=O) groups is 1. The Balaban J connectivity index is 1.96. The van der Waals surface area contributed by atoms with Crippen molar-refractivity contribution in [2.24, 2.45) is 0 Å². The van der Waals surface area contributed by atoms with Gasteiger partial charge in [0.2, 0.25) is 0 Å². The summed E-state index contributed by atoms with van der Waals surface area (Å²) in [5.74, 6) is 1.37. The molecule has 0 spiro atoms. The van der Waals surface area contributed by atoms with Crippen LogP contribution in [0.3, 0.4) is 0 Å². The van der Waals surface area contributed by atoms with E-state index in [1.165, 1.54) is 0 Å². The molecule has 2 rings (SSSR count). The van der Waals surface area contributed by atoms with Gasteiger partial charge in [-0.1, -0.05) is 6.92 Å². The molecule has 104 valence electrons. The van der Waals surface area contributed by atoms with Gasteiger partial charge in [0.05, 0.1) is 6.04 Å². The maximum atomic E-state index is 11.3. The minimum atomic E-state index is -0.116. The predicted octanol–water partition coefficient (Wildman–Crippen LogP) is 1.24. The first-order valence-corrected chi connectivity index (χ1v) is 6.64. The van der Waals surface area contributed by atoms with Crippen molar-refractivity contribution in [2.45, 2.75) is 19.9 Å². The molecule has 0 saturated heterocycles. The highest BCUT2D eigenvalue weighted by atomic mass is 16.5. The number of carbonyl (C=O) groups excluding carboxylic acids is 1. The summed E-state index contributed by atoms with van der Waals surface area (Å²) in [6.45, 7) is 6.14. The molecular formula is C14H20N2O3. The van der Waals surface area contributed by atoms with Crippen molar-refractivity contribution in [1.82, 2.24) is 10.6 Å². The first-order chi connectivity index (χ1) is 9.24. The predicted molar refractivity (Wildman–Crippen MR) is 72.5 cm³/mol. The lowest BCUT2D eigenvalue weighted by Crippen LogP contribution is -2.28. The second-order valence-electron chi connectivity index (χ2n) is 4.36. The summed E-state index contributed by atoms with van der Waals surface area (Å²) >= 11 is 0. The highest BCUT2D eigenvalue weighted by molar-refractivity contribution is 5.77. The standard InChI is InChI=1S/C14H20N2O3/c1-3-15-12-8-19-13-7-10(5-6-11(12)13)18-9-14(17)16-4-2/h5-7,12,15H,3-4,8-9H2,1-2H3,(H,16,17). The molecule has 0 radical (unpaired) electrons. The van der Waals surface area contributed by atoms with E-state index < -0.39 is 0 Å². The molecule has 0 aromatic heterocycles. The van der Waals surface area contributed by atoms with Crippen LogP contribution in [0.2, 0.25) is 0 Å². The number of ether oxygens (including phenoxy) is 2. The van der Waals surface area contributed by atoms with Crippen molar-refractivity contribution in [1.29, 1.82) is 0 Å².